The zero-order valence-electron chi connectivity index (χ0n) is 20.2. The molecule has 0 atom stereocenters. The molecule has 2 aromatic carbocycles. The number of anilines is 3. The van der Waals surface area contributed by atoms with E-state index in [1.807, 2.05) is 70.7 Å². The predicted molar refractivity (Wildman–Crippen MR) is 133 cm³/mol. The molecule has 0 bridgehead atoms. The zero-order chi connectivity index (χ0) is 24.3. The van der Waals surface area contributed by atoms with Crippen LogP contribution in [0.2, 0.25) is 0 Å². The topological polar surface area (TPSA) is 93.3 Å². The summed E-state index contributed by atoms with van der Waals surface area (Å²) in [5.41, 5.74) is 2.85. The fourth-order valence-electron chi connectivity index (χ4n) is 3.83. The summed E-state index contributed by atoms with van der Waals surface area (Å²) in [6, 6.07) is 15.9. The Labute approximate surface area is 199 Å². The van der Waals surface area contributed by atoms with E-state index >= 15 is 0 Å². The quantitative estimate of drug-likeness (QED) is 0.392. The highest BCUT2D eigenvalue weighted by molar-refractivity contribution is 5.62. The maximum absolute atomic E-state index is 10.3. The van der Waals surface area contributed by atoms with Crippen LogP contribution in [0.4, 0.5) is 17.6 Å². The normalized spacial score (nSPS) is 11.5. The molecule has 2 aromatic heterocycles. The second-order valence-electron chi connectivity index (χ2n) is 8.98. The Morgan fingerprint density at radius 2 is 1.91 bits per heavy atom. The second kappa shape index (κ2) is 9.56. The van der Waals surface area contributed by atoms with Gasteiger partial charge in [-0.3, -0.25) is 0 Å². The number of hydrogen-bond donors (Lipinski definition) is 2. The molecule has 0 saturated carbocycles. The smallest absolute Gasteiger partial charge is 0.248 e. The van der Waals surface area contributed by atoms with Gasteiger partial charge >= 0.3 is 0 Å². The summed E-state index contributed by atoms with van der Waals surface area (Å²) < 4.78 is 9.38. The van der Waals surface area contributed by atoms with Crippen molar-refractivity contribution >= 4 is 17.6 Å². The third-order valence-corrected chi connectivity index (χ3v) is 5.22. The van der Waals surface area contributed by atoms with Gasteiger partial charge in [0.15, 0.2) is 0 Å². The van der Waals surface area contributed by atoms with Crippen LogP contribution in [0.15, 0.2) is 61.1 Å². The van der Waals surface area contributed by atoms with Gasteiger partial charge in [-0.05, 0) is 38.5 Å². The minimum Gasteiger partial charge on any atom is -0.494 e. The number of likely N-dealkylation sites (N-methyl/N-ethyl adjacent to an activating group) is 1. The van der Waals surface area contributed by atoms with Gasteiger partial charge in [-0.1, -0.05) is 30.3 Å². The molecule has 4 rings (SSSR count). The number of aliphatic hydroxyl groups is 1. The lowest BCUT2D eigenvalue weighted by Crippen LogP contribution is -2.37. The van der Waals surface area contributed by atoms with Gasteiger partial charge in [-0.15, -0.1) is 5.10 Å². The molecular formula is C25H31N7O2. The highest BCUT2D eigenvalue weighted by atomic mass is 16.5. The minimum absolute atomic E-state index is 0.409. The zero-order valence-corrected chi connectivity index (χ0v) is 20.2. The molecule has 0 fully saturated rings. The molecule has 34 heavy (non-hydrogen) atoms. The number of benzene rings is 2. The Balaban J connectivity index is 1.63. The van der Waals surface area contributed by atoms with Crippen molar-refractivity contribution in [3.05, 3.63) is 72.3 Å². The molecule has 0 amide bonds. The first-order valence-electron chi connectivity index (χ1n) is 11.1. The van der Waals surface area contributed by atoms with Crippen LogP contribution in [0.5, 0.6) is 5.75 Å². The number of imidazole rings is 1. The summed E-state index contributed by atoms with van der Waals surface area (Å²) in [6.45, 7) is 6.46. The van der Waals surface area contributed by atoms with Gasteiger partial charge < -0.3 is 24.6 Å². The lowest BCUT2D eigenvalue weighted by molar-refractivity contribution is 0.0881. The first kappa shape index (κ1) is 23.3. The third kappa shape index (κ3) is 5.55. The summed E-state index contributed by atoms with van der Waals surface area (Å²) in [7, 11) is 3.54. The number of methoxy groups -OCH3 is 1. The lowest BCUT2D eigenvalue weighted by Gasteiger charge is -2.26. The Hall–Kier alpha value is -3.85. The molecule has 4 aromatic rings. The Morgan fingerprint density at radius 3 is 2.56 bits per heavy atom. The monoisotopic (exact) mass is 461 g/mol. The number of nitrogens with zero attached hydrogens (tertiary/aromatic N) is 6. The van der Waals surface area contributed by atoms with E-state index in [0.717, 1.165) is 22.6 Å². The fourth-order valence-corrected chi connectivity index (χ4v) is 3.83. The van der Waals surface area contributed by atoms with Crippen LogP contribution >= 0.6 is 0 Å². The number of nitrogens with one attached hydrogen (secondary N) is 1. The van der Waals surface area contributed by atoms with Crippen molar-refractivity contribution < 1.29 is 9.84 Å². The number of aryl methyl sites for hydroxylation is 1. The molecular weight excluding hydrogens is 430 g/mol. The van der Waals surface area contributed by atoms with Crippen molar-refractivity contribution in [2.45, 2.75) is 32.9 Å². The van der Waals surface area contributed by atoms with E-state index in [1.165, 1.54) is 0 Å². The molecule has 0 radical (unpaired) electrons. The van der Waals surface area contributed by atoms with Crippen LogP contribution in [0.1, 0.15) is 25.1 Å². The van der Waals surface area contributed by atoms with Crippen molar-refractivity contribution in [2.24, 2.45) is 0 Å². The molecule has 9 nitrogen and oxygen atoms in total. The average molecular weight is 462 g/mol. The highest BCUT2D eigenvalue weighted by Gasteiger charge is 2.21. The first-order valence-corrected chi connectivity index (χ1v) is 11.1. The summed E-state index contributed by atoms with van der Waals surface area (Å²) in [4.78, 5) is 10.9. The van der Waals surface area contributed by atoms with E-state index in [0.29, 0.717) is 30.7 Å². The number of aromatic nitrogens is 5. The minimum atomic E-state index is -0.874. The molecule has 9 heteroatoms. The van der Waals surface area contributed by atoms with Gasteiger partial charge in [-0.2, -0.15) is 4.98 Å². The standard InChI is InChI=1S/C25H31N7O2/c1-18-14-31(17-26-18)21-12-11-20(13-22(21)34-5)27-23-28-24(30(4)16-25(2,3)33)32(29-23)15-19-9-7-6-8-10-19/h6-14,17,33H,15-16H2,1-5H3,(H,27,29). The molecule has 2 N–H and O–H groups in total. The van der Waals surface area contributed by atoms with Crippen LogP contribution in [0, 0.1) is 6.92 Å². The van der Waals surface area contributed by atoms with Crippen LogP contribution in [0.25, 0.3) is 5.69 Å². The maximum Gasteiger partial charge on any atom is 0.248 e. The summed E-state index contributed by atoms with van der Waals surface area (Å²) in [5, 5.41) is 18.3. The van der Waals surface area contributed by atoms with E-state index in [1.54, 1.807) is 27.3 Å². The molecule has 0 spiro atoms. The third-order valence-electron chi connectivity index (χ3n) is 5.22. The van der Waals surface area contributed by atoms with Crippen molar-refractivity contribution in [2.75, 3.05) is 30.9 Å². The van der Waals surface area contributed by atoms with E-state index in [2.05, 4.69) is 22.4 Å². The molecule has 0 aliphatic carbocycles. The molecule has 0 saturated heterocycles. The van der Waals surface area contributed by atoms with E-state index in [-0.39, 0.29) is 0 Å². The van der Waals surface area contributed by atoms with Crippen molar-refractivity contribution in [3.63, 3.8) is 0 Å². The number of rotatable bonds is 9. The average Bonchev–Trinajstić information content (AvgIpc) is 3.39. The van der Waals surface area contributed by atoms with E-state index in [4.69, 9.17) is 14.8 Å². The Bertz CT molecular complexity index is 1240. The molecule has 178 valence electrons. The van der Waals surface area contributed by atoms with Crippen molar-refractivity contribution in [1.29, 1.82) is 0 Å². The van der Waals surface area contributed by atoms with Crippen LogP contribution in [-0.4, -0.2) is 55.7 Å². The summed E-state index contributed by atoms with van der Waals surface area (Å²) in [6.07, 6.45) is 3.71. The van der Waals surface area contributed by atoms with Gasteiger partial charge in [0.25, 0.3) is 0 Å². The van der Waals surface area contributed by atoms with E-state index < -0.39 is 5.60 Å². The van der Waals surface area contributed by atoms with Crippen LogP contribution in [-0.2, 0) is 6.54 Å². The molecule has 0 unspecified atom stereocenters. The summed E-state index contributed by atoms with van der Waals surface area (Å²) >= 11 is 0. The summed E-state index contributed by atoms with van der Waals surface area (Å²) in [5.74, 6) is 1.82. The maximum atomic E-state index is 10.3. The Morgan fingerprint density at radius 1 is 1.15 bits per heavy atom. The van der Waals surface area contributed by atoms with Crippen LogP contribution < -0.4 is 15.0 Å². The van der Waals surface area contributed by atoms with Gasteiger partial charge in [0, 0.05) is 31.5 Å². The molecule has 2 heterocycles. The number of ether oxygens (including phenoxy) is 1. The van der Waals surface area contributed by atoms with Crippen LogP contribution in [0.3, 0.4) is 0 Å². The largest absolute Gasteiger partial charge is 0.494 e. The van der Waals surface area contributed by atoms with Gasteiger partial charge in [0.1, 0.15) is 5.75 Å². The number of hydrogen-bond acceptors (Lipinski definition) is 7. The van der Waals surface area contributed by atoms with E-state index in [9.17, 15) is 5.11 Å². The highest BCUT2D eigenvalue weighted by Crippen LogP contribution is 2.28. The molecule has 0 aliphatic rings. The SMILES string of the molecule is COc1cc(Nc2nc(N(C)CC(C)(C)O)n(Cc3ccccc3)n2)ccc1-n1cnc(C)c1. The lowest BCUT2D eigenvalue weighted by atomic mass is 10.1. The van der Waals surface area contributed by atoms with Crippen molar-refractivity contribution in [3.8, 4) is 11.4 Å². The van der Waals surface area contributed by atoms with Gasteiger partial charge in [0.2, 0.25) is 11.9 Å². The first-order chi connectivity index (χ1) is 16.2. The Kier molecular flexibility index (Phi) is 6.56. The van der Waals surface area contributed by atoms with Gasteiger partial charge in [-0.25, -0.2) is 9.67 Å². The fraction of sp³-hybridized carbons (Fsp3) is 0.320. The second-order valence-corrected chi connectivity index (χ2v) is 8.98. The van der Waals surface area contributed by atoms with Crippen molar-refractivity contribution in [1.82, 2.24) is 24.3 Å². The molecule has 0 aliphatic heterocycles. The van der Waals surface area contributed by atoms with Gasteiger partial charge in [0.05, 0.1) is 37.0 Å². The predicted octanol–water partition coefficient (Wildman–Crippen LogP) is 3.78.